The molecule has 0 N–H and O–H groups in total. The first kappa shape index (κ1) is 17.1. The maximum Gasteiger partial charge on any atom is 0.302 e. The van der Waals surface area contributed by atoms with Crippen LogP contribution in [0.25, 0.3) is 0 Å². The molecular weight excluding hydrogens is 324 g/mol. The van der Waals surface area contributed by atoms with Crippen LogP contribution < -0.4 is 0 Å². The molecule has 1 spiro atoms. The summed E-state index contributed by atoms with van der Waals surface area (Å²) in [6.07, 6.45) is 18.0. The normalized spacial score (nSPS) is 54.6. The van der Waals surface area contributed by atoms with E-state index in [1.165, 1.54) is 44.9 Å². The van der Waals surface area contributed by atoms with Gasteiger partial charge in [-0.05, 0) is 93.3 Å². The number of carbonyl (C=O) groups excluding carboxylic acids is 1. The number of epoxide rings is 1. The van der Waals surface area contributed by atoms with Crippen molar-refractivity contribution in [3.05, 3.63) is 0 Å². The van der Waals surface area contributed by atoms with Crippen LogP contribution in [0, 0.1) is 41.4 Å². The predicted octanol–water partition coefficient (Wildman–Crippen LogP) is 4.49. The van der Waals surface area contributed by atoms with E-state index in [1.54, 1.807) is 6.92 Å². The number of hydrogen-bond acceptors (Lipinski definition) is 3. The highest BCUT2D eigenvalue weighted by Crippen LogP contribution is 2.71. The van der Waals surface area contributed by atoms with Gasteiger partial charge < -0.3 is 9.47 Å². The Morgan fingerprint density at radius 2 is 1.96 bits per heavy atom. The molecule has 1 saturated heterocycles. The Morgan fingerprint density at radius 3 is 2.73 bits per heavy atom. The first-order valence-electron chi connectivity index (χ1n) is 10.8. The third-order valence-electron chi connectivity index (χ3n) is 9.25. The van der Waals surface area contributed by atoms with Crippen molar-refractivity contribution in [1.29, 1.82) is 0 Å². The molecule has 26 heavy (non-hydrogen) atoms. The second-order valence-corrected chi connectivity index (χ2v) is 10.1. The Morgan fingerprint density at radius 1 is 1.12 bits per heavy atom. The number of terminal acetylenes is 1. The van der Waals surface area contributed by atoms with Gasteiger partial charge in [-0.2, -0.15) is 0 Å². The maximum atomic E-state index is 11.4. The summed E-state index contributed by atoms with van der Waals surface area (Å²) in [5.41, 5.74) is 0.219. The lowest BCUT2D eigenvalue weighted by atomic mass is 9.45. The highest BCUT2D eigenvalue weighted by Gasteiger charge is 2.76. The van der Waals surface area contributed by atoms with E-state index >= 15 is 0 Å². The molecule has 5 aliphatic rings. The van der Waals surface area contributed by atoms with E-state index < -0.39 is 0 Å². The number of esters is 1. The Kier molecular flexibility index (Phi) is 3.62. The van der Waals surface area contributed by atoms with E-state index in [2.05, 4.69) is 12.8 Å². The second-order valence-electron chi connectivity index (χ2n) is 10.1. The van der Waals surface area contributed by atoms with Gasteiger partial charge in [-0.3, -0.25) is 4.79 Å². The molecule has 0 amide bonds. The monoisotopic (exact) mass is 356 g/mol. The average Bonchev–Trinajstić information content (AvgIpc) is 3.29. The number of hydrogen-bond donors (Lipinski definition) is 0. The zero-order valence-electron chi connectivity index (χ0n) is 16.3. The fourth-order valence-electron chi connectivity index (χ4n) is 8.09. The van der Waals surface area contributed by atoms with Crippen LogP contribution in [0.3, 0.4) is 0 Å². The summed E-state index contributed by atoms with van der Waals surface area (Å²) in [4.78, 5) is 11.4. The van der Waals surface area contributed by atoms with Gasteiger partial charge in [0, 0.05) is 6.92 Å². The summed E-state index contributed by atoms with van der Waals surface area (Å²) in [7, 11) is 0. The predicted molar refractivity (Wildman–Crippen MR) is 99.2 cm³/mol. The number of fused-ring (bicyclic) bond motifs is 4. The largest absolute Gasteiger partial charge is 0.463 e. The molecule has 1 heterocycles. The van der Waals surface area contributed by atoms with Gasteiger partial charge in [-0.1, -0.05) is 12.8 Å². The van der Waals surface area contributed by atoms with E-state index in [4.69, 9.17) is 15.9 Å². The Labute approximate surface area is 157 Å². The second kappa shape index (κ2) is 5.51. The van der Waals surface area contributed by atoms with Crippen LogP contribution in [-0.4, -0.2) is 23.3 Å². The van der Waals surface area contributed by atoms with Crippen molar-refractivity contribution in [2.45, 2.75) is 95.4 Å². The van der Waals surface area contributed by atoms with E-state index in [0.717, 1.165) is 31.1 Å². The molecule has 3 heteroatoms. The highest BCUT2D eigenvalue weighted by atomic mass is 16.6. The summed E-state index contributed by atoms with van der Waals surface area (Å²) in [6.45, 7) is 4.09. The lowest BCUT2D eigenvalue weighted by Gasteiger charge is -2.59. The van der Waals surface area contributed by atoms with E-state index in [-0.39, 0.29) is 23.3 Å². The van der Waals surface area contributed by atoms with Gasteiger partial charge in [0.25, 0.3) is 0 Å². The highest BCUT2D eigenvalue weighted by molar-refractivity contribution is 5.66. The van der Waals surface area contributed by atoms with Crippen LogP contribution in [0.2, 0.25) is 0 Å². The standard InChI is InChI=1S/C23H32O3/c1-4-22-11-5-6-20-18-8-7-16-14-17(25-15(2)24)9-12-21(16,3)19(18)10-13-23(20,22)26-22/h1,16-20H,5-14H2,2-3H3/t16-,17+,18+,19-,20?,21-,22?,23+/m0/s1. The summed E-state index contributed by atoms with van der Waals surface area (Å²) in [5, 5.41) is 0. The molecule has 2 unspecified atom stereocenters. The van der Waals surface area contributed by atoms with Crippen LogP contribution in [0.1, 0.15) is 78.1 Å². The minimum atomic E-state index is -0.217. The summed E-state index contributed by atoms with van der Waals surface area (Å²) in [6, 6.07) is 0. The van der Waals surface area contributed by atoms with Crippen molar-refractivity contribution >= 4 is 5.97 Å². The molecule has 5 rings (SSSR count). The van der Waals surface area contributed by atoms with E-state index in [9.17, 15) is 4.79 Å². The quantitative estimate of drug-likeness (QED) is 0.395. The zero-order chi connectivity index (χ0) is 18.2. The van der Waals surface area contributed by atoms with Crippen molar-refractivity contribution in [3.8, 4) is 12.3 Å². The first-order chi connectivity index (χ1) is 12.4. The van der Waals surface area contributed by atoms with Crippen molar-refractivity contribution in [2.24, 2.45) is 29.1 Å². The van der Waals surface area contributed by atoms with Crippen LogP contribution >= 0.6 is 0 Å². The van der Waals surface area contributed by atoms with Crippen molar-refractivity contribution < 1.29 is 14.3 Å². The lowest BCUT2D eigenvalue weighted by Crippen LogP contribution is -2.56. The topological polar surface area (TPSA) is 38.8 Å². The molecule has 142 valence electrons. The molecule has 4 aliphatic carbocycles. The van der Waals surface area contributed by atoms with E-state index in [1.807, 2.05) is 0 Å². The molecule has 0 aromatic carbocycles. The average molecular weight is 357 g/mol. The summed E-state index contributed by atoms with van der Waals surface area (Å²) >= 11 is 0. The lowest BCUT2D eigenvalue weighted by molar-refractivity contribution is -0.158. The van der Waals surface area contributed by atoms with Gasteiger partial charge in [0.15, 0.2) is 5.60 Å². The van der Waals surface area contributed by atoms with Crippen LogP contribution in [0.5, 0.6) is 0 Å². The van der Waals surface area contributed by atoms with Gasteiger partial charge in [0.1, 0.15) is 11.7 Å². The number of ether oxygens (including phenoxy) is 2. The number of carbonyl (C=O) groups is 1. The Balaban J connectivity index is 1.38. The molecule has 4 saturated carbocycles. The van der Waals surface area contributed by atoms with Crippen molar-refractivity contribution in [3.63, 3.8) is 0 Å². The Bertz CT molecular complexity index is 665. The molecule has 0 bridgehead atoms. The van der Waals surface area contributed by atoms with E-state index in [0.29, 0.717) is 17.3 Å². The van der Waals surface area contributed by atoms with Crippen LogP contribution in [-0.2, 0) is 14.3 Å². The van der Waals surface area contributed by atoms with Gasteiger partial charge in [0.05, 0.1) is 0 Å². The molecule has 0 aromatic heterocycles. The summed E-state index contributed by atoms with van der Waals surface area (Å²) in [5.74, 6) is 5.90. The van der Waals surface area contributed by atoms with Crippen LogP contribution in [0.4, 0.5) is 0 Å². The van der Waals surface area contributed by atoms with Crippen LogP contribution in [0.15, 0.2) is 0 Å². The fourth-order valence-corrected chi connectivity index (χ4v) is 8.09. The minimum absolute atomic E-state index is 0.0271. The third-order valence-corrected chi connectivity index (χ3v) is 9.25. The molecule has 1 aliphatic heterocycles. The van der Waals surface area contributed by atoms with Crippen molar-refractivity contribution in [2.75, 3.05) is 0 Å². The van der Waals surface area contributed by atoms with Gasteiger partial charge in [-0.15, -0.1) is 6.42 Å². The van der Waals surface area contributed by atoms with Crippen molar-refractivity contribution in [1.82, 2.24) is 0 Å². The van der Waals surface area contributed by atoms with Gasteiger partial charge >= 0.3 is 5.97 Å². The zero-order valence-corrected chi connectivity index (χ0v) is 16.3. The minimum Gasteiger partial charge on any atom is -0.463 e. The number of rotatable bonds is 1. The molecular formula is C23H32O3. The van der Waals surface area contributed by atoms with Gasteiger partial charge in [0.2, 0.25) is 0 Å². The summed E-state index contributed by atoms with van der Waals surface area (Å²) < 4.78 is 12.0. The molecule has 0 aromatic rings. The third kappa shape index (κ3) is 2.09. The Hall–Kier alpha value is -1.01. The molecule has 3 nitrogen and oxygen atoms in total. The first-order valence-corrected chi connectivity index (χ1v) is 10.8. The fraction of sp³-hybridized carbons (Fsp3) is 0.870. The molecule has 5 fully saturated rings. The molecule has 0 radical (unpaired) electrons. The maximum absolute atomic E-state index is 11.4. The SMILES string of the molecule is C#CC12CCCC3[C@@H]4CC[C@H]5C[C@H](OC(C)=O)CC[C@]5(C)[C@H]4CC[C@@]31O2. The molecule has 8 atom stereocenters. The smallest absolute Gasteiger partial charge is 0.302 e. The van der Waals surface area contributed by atoms with Gasteiger partial charge in [-0.25, -0.2) is 0 Å².